The fourth-order valence-electron chi connectivity index (χ4n) is 2.29. The summed E-state index contributed by atoms with van der Waals surface area (Å²) in [7, 11) is 0. The molecular weight excluding hydrogens is 248 g/mol. The quantitative estimate of drug-likeness (QED) is 0.833. The molecule has 1 heterocycles. The van der Waals surface area contributed by atoms with Gasteiger partial charge in [0.25, 0.3) is 0 Å². The first-order chi connectivity index (χ1) is 9.06. The number of carboxylic acid groups (broad SMARTS) is 1. The molecule has 0 atom stereocenters. The summed E-state index contributed by atoms with van der Waals surface area (Å²) in [4.78, 5) is 33.9. The average Bonchev–Trinajstić information content (AvgIpc) is 2.84. The number of carbonyl (C=O) groups is 2. The van der Waals surface area contributed by atoms with Crippen molar-refractivity contribution < 1.29 is 14.7 Å². The zero-order chi connectivity index (χ0) is 13.8. The highest BCUT2D eigenvalue weighted by Gasteiger charge is 2.17. The van der Waals surface area contributed by atoms with Crippen molar-refractivity contribution in [2.45, 2.75) is 38.3 Å². The van der Waals surface area contributed by atoms with Crippen LogP contribution in [0, 0.1) is 0 Å². The molecule has 6 nitrogen and oxygen atoms in total. The number of hydrogen-bond acceptors (Lipinski definition) is 3. The Morgan fingerprint density at radius 2 is 2.05 bits per heavy atom. The van der Waals surface area contributed by atoms with Crippen LogP contribution < -0.4 is 10.7 Å². The Morgan fingerprint density at radius 3 is 2.68 bits per heavy atom. The molecule has 6 heteroatoms. The highest BCUT2D eigenvalue weighted by atomic mass is 16.4. The number of rotatable bonds is 4. The molecule has 0 spiro atoms. The van der Waals surface area contributed by atoms with E-state index in [9.17, 15) is 14.4 Å². The Balaban J connectivity index is 2.02. The molecule has 1 saturated carbocycles. The topological polar surface area (TPSA) is 88.4 Å². The summed E-state index contributed by atoms with van der Waals surface area (Å²) >= 11 is 0. The van der Waals surface area contributed by atoms with Gasteiger partial charge in [-0.1, -0.05) is 12.8 Å². The number of nitrogens with one attached hydrogen (secondary N) is 1. The number of carboxylic acids is 1. The highest BCUT2D eigenvalue weighted by Crippen LogP contribution is 2.17. The second kappa shape index (κ2) is 5.69. The normalized spacial score (nSPS) is 15.4. The van der Waals surface area contributed by atoms with Gasteiger partial charge in [0.2, 0.25) is 5.91 Å². The van der Waals surface area contributed by atoms with Crippen LogP contribution in [-0.2, 0) is 11.3 Å². The van der Waals surface area contributed by atoms with Crippen molar-refractivity contribution in [3.05, 3.63) is 34.2 Å². The lowest BCUT2D eigenvalue weighted by Gasteiger charge is -2.13. The standard InChI is InChI=1S/C13H16N2O4/c16-11-5-6-15(7-10(11)13(18)19)8-12(17)14-9-3-1-2-4-9/h5-7,9H,1-4,8H2,(H,14,17)(H,18,19). The lowest BCUT2D eigenvalue weighted by Crippen LogP contribution is -2.35. The van der Waals surface area contributed by atoms with Gasteiger partial charge in [0.1, 0.15) is 12.1 Å². The Bertz CT molecular complexity index is 544. The van der Waals surface area contributed by atoms with Crippen LogP contribution in [0.4, 0.5) is 0 Å². The molecule has 1 aromatic rings. The van der Waals surface area contributed by atoms with Gasteiger partial charge in [-0.05, 0) is 12.8 Å². The summed E-state index contributed by atoms with van der Waals surface area (Å²) in [6.45, 7) is 0.0249. The number of aromatic carboxylic acids is 1. The summed E-state index contributed by atoms with van der Waals surface area (Å²) in [6.07, 6.45) is 6.87. The predicted molar refractivity (Wildman–Crippen MR) is 68.1 cm³/mol. The van der Waals surface area contributed by atoms with Gasteiger partial charge in [-0.25, -0.2) is 4.79 Å². The third-order valence-corrected chi connectivity index (χ3v) is 3.25. The lowest BCUT2D eigenvalue weighted by molar-refractivity contribution is -0.122. The molecule has 0 bridgehead atoms. The third kappa shape index (κ3) is 3.43. The molecule has 19 heavy (non-hydrogen) atoms. The van der Waals surface area contributed by atoms with Gasteiger partial charge in [-0.3, -0.25) is 9.59 Å². The third-order valence-electron chi connectivity index (χ3n) is 3.25. The molecular formula is C13H16N2O4. The van der Waals surface area contributed by atoms with Crippen LogP contribution in [-0.4, -0.2) is 27.6 Å². The Kier molecular flexibility index (Phi) is 3.99. The van der Waals surface area contributed by atoms with Gasteiger partial charge in [-0.15, -0.1) is 0 Å². The maximum atomic E-state index is 11.8. The van der Waals surface area contributed by atoms with Crippen molar-refractivity contribution in [1.29, 1.82) is 0 Å². The van der Waals surface area contributed by atoms with Gasteiger partial charge in [0.05, 0.1) is 0 Å². The molecule has 1 aliphatic rings. The first-order valence-corrected chi connectivity index (χ1v) is 6.29. The number of carbonyl (C=O) groups excluding carboxylic acids is 1. The Hall–Kier alpha value is -2.11. The molecule has 0 saturated heterocycles. The van der Waals surface area contributed by atoms with Crippen molar-refractivity contribution in [2.24, 2.45) is 0 Å². The monoisotopic (exact) mass is 264 g/mol. The molecule has 1 fully saturated rings. The zero-order valence-corrected chi connectivity index (χ0v) is 10.5. The van der Waals surface area contributed by atoms with E-state index >= 15 is 0 Å². The van der Waals surface area contributed by atoms with Gasteiger partial charge in [0, 0.05) is 24.5 Å². The molecule has 1 aromatic heterocycles. The van der Waals surface area contributed by atoms with Crippen LogP contribution in [0.2, 0.25) is 0 Å². The maximum Gasteiger partial charge on any atom is 0.341 e. The van der Waals surface area contributed by atoms with E-state index in [-0.39, 0.29) is 24.1 Å². The number of pyridine rings is 1. The van der Waals surface area contributed by atoms with Crippen molar-refractivity contribution >= 4 is 11.9 Å². The van der Waals surface area contributed by atoms with Gasteiger partial charge in [0.15, 0.2) is 5.43 Å². The molecule has 0 unspecified atom stereocenters. The first-order valence-electron chi connectivity index (χ1n) is 6.29. The summed E-state index contributed by atoms with van der Waals surface area (Å²) in [5.41, 5.74) is -0.879. The summed E-state index contributed by atoms with van der Waals surface area (Å²) in [5, 5.41) is 11.7. The van der Waals surface area contributed by atoms with Crippen molar-refractivity contribution in [2.75, 3.05) is 0 Å². The van der Waals surface area contributed by atoms with E-state index in [4.69, 9.17) is 5.11 Å². The van der Waals surface area contributed by atoms with Crippen LogP contribution in [0.3, 0.4) is 0 Å². The SMILES string of the molecule is O=C(Cn1ccc(=O)c(C(=O)O)c1)NC1CCCC1. The van der Waals surface area contributed by atoms with Crippen molar-refractivity contribution in [1.82, 2.24) is 9.88 Å². The molecule has 2 N–H and O–H groups in total. The Labute approximate surface area is 110 Å². The molecule has 1 aliphatic carbocycles. The van der Waals surface area contributed by atoms with E-state index in [1.165, 1.54) is 17.0 Å². The molecule has 1 amide bonds. The highest BCUT2D eigenvalue weighted by molar-refractivity contribution is 5.87. The first kappa shape index (κ1) is 13.3. The van der Waals surface area contributed by atoms with E-state index in [0.717, 1.165) is 31.7 Å². The van der Waals surface area contributed by atoms with Crippen LogP contribution in [0.25, 0.3) is 0 Å². The molecule has 0 aromatic carbocycles. The van der Waals surface area contributed by atoms with E-state index in [1.807, 2.05) is 0 Å². The minimum Gasteiger partial charge on any atom is -0.477 e. The van der Waals surface area contributed by atoms with E-state index in [1.54, 1.807) is 0 Å². The number of nitrogens with zero attached hydrogens (tertiary/aromatic N) is 1. The number of hydrogen-bond donors (Lipinski definition) is 2. The van der Waals surface area contributed by atoms with Crippen LogP contribution in [0.1, 0.15) is 36.0 Å². The second-order valence-corrected chi connectivity index (χ2v) is 4.75. The smallest absolute Gasteiger partial charge is 0.341 e. The minimum absolute atomic E-state index is 0.0249. The van der Waals surface area contributed by atoms with Gasteiger partial charge >= 0.3 is 5.97 Å². The van der Waals surface area contributed by atoms with E-state index in [0.29, 0.717) is 0 Å². The Morgan fingerprint density at radius 1 is 1.37 bits per heavy atom. The van der Waals surface area contributed by atoms with Gasteiger partial charge in [-0.2, -0.15) is 0 Å². The molecule has 102 valence electrons. The number of amides is 1. The van der Waals surface area contributed by atoms with Crippen molar-refractivity contribution in [3.63, 3.8) is 0 Å². The fraction of sp³-hybridized carbons (Fsp3) is 0.462. The minimum atomic E-state index is -1.28. The van der Waals surface area contributed by atoms with E-state index in [2.05, 4.69) is 5.32 Å². The fourth-order valence-corrected chi connectivity index (χ4v) is 2.29. The van der Waals surface area contributed by atoms with Crippen LogP contribution >= 0.6 is 0 Å². The summed E-state index contributed by atoms with van der Waals surface area (Å²) in [5.74, 6) is -1.44. The number of aromatic nitrogens is 1. The molecule has 2 rings (SSSR count). The van der Waals surface area contributed by atoms with Crippen LogP contribution in [0.5, 0.6) is 0 Å². The zero-order valence-electron chi connectivity index (χ0n) is 10.5. The molecule has 0 aliphatic heterocycles. The maximum absolute atomic E-state index is 11.8. The average molecular weight is 264 g/mol. The summed E-state index contributed by atoms with van der Waals surface area (Å²) in [6, 6.07) is 1.39. The van der Waals surface area contributed by atoms with Crippen LogP contribution in [0.15, 0.2) is 23.3 Å². The predicted octanol–water partition coefficient (Wildman–Crippen LogP) is 0.605. The largest absolute Gasteiger partial charge is 0.477 e. The van der Waals surface area contributed by atoms with Gasteiger partial charge < -0.3 is 15.0 Å². The lowest BCUT2D eigenvalue weighted by atomic mass is 10.2. The summed E-state index contributed by atoms with van der Waals surface area (Å²) < 4.78 is 1.41. The molecule has 0 radical (unpaired) electrons. The van der Waals surface area contributed by atoms with E-state index < -0.39 is 11.4 Å². The second-order valence-electron chi connectivity index (χ2n) is 4.75. The van der Waals surface area contributed by atoms with Crippen molar-refractivity contribution in [3.8, 4) is 0 Å².